The molecule has 2 N–H and O–H groups in total. The number of benzene rings is 2. The summed E-state index contributed by atoms with van der Waals surface area (Å²) < 4.78 is 0. The second-order valence-corrected chi connectivity index (χ2v) is 7.04. The van der Waals surface area contributed by atoms with Crippen LogP contribution in [0.5, 0.6) is 0 Å². The maximum absolute atomic E-state index is 6.24. The van der Waals surface area contributed by atoms with Gasteiger partial charge in [0.1, 0.15) is 0 Å². The first-order valence-electron chi connectivity index (χ1n) is 9.12. The molecule has 1 unspecified atom stereocenters. The zero-order valence-corrected chi connectivity index (χ0v) is 15.3. The average molecular weight is 350 g/mol. The van der Waals surface area contributed by atoms with E-state index >= 15 is 0 Å². The molecular formula is C25H22N2. The van der Waals surface area contributed by atoms with Gasteiger partial charge in [0.05, 0.1) is 16.9 Å². The molecule has 0 saturated carbocycles. The second kappa shape index (κ2) is 7.18. The minimum Gasteiger partial charge on any atom is -0.319 e. The van der Waals surface area contributed by atoms with Crippen molar-refractivity contribution in [2.75, 3.05) is 0 Å². The van der Waals surface area contributed by atoms with Crippen LogP contribution in [0.2, 0.25) is 0 Å². The molecule has 1 atom stereocenters. The van der Waals surface area contributed by atoms with E-state index in [0.717, 1.165) is 33.7 Å². The summed E-state index contributed by atoms with van der Waals surface area (Å²) in [6, 6.07) is 24.9. The summed E-state index contributed by atoms with van der Waals surface area (Å²) in [5.74, 6) is 0. The first kappa shape index (κ1) is 17.2. The topological polar surface area (TPSA) is 38.9 Å². The van der Waals surface area contributed by atoms with Crippen LogP contribution in [0.1, 0.15) is 12.5 Å². The molecule has 0 bridgehead atoms. The maximum Gasteiger partial charge on any atom is 0.0715 e. The number of allylic oxidation sites excluding steroid dienone is 4. The van der Waals surface area contributed by atoms with Crippen LogP contribution >= 0.6 is 0 Å². The zero-order chi connectivity index (χ0) is 18.7. The standard InChI is InChI=1S/C25H22N2/c1-25(26)15-8-13-19(14-16-25)22-17-23(20-9-4-2-5-10-20)27-24(18-22)21-11-6-3-7-12-21/h2-18H,26H2,1H3. The molecule has 2 nitrogen and oxygen atoms in total. The van der Waals surface area contributed by atoms with Crippen LogP contribution < -0.4 is 5.73 Å². The van der Waals surface area contributed by atoms with Gasteiger partial charge >= 0.3 is 0 Å². The Morgan fingerprint density at radius 3 is 1.85 bits per heavy atom. The van der Waals surface area contributed by atoms with Crippen LogP contribution in [-0.4, -0.2) is 10.5 Å². The molecule has 0 amide bonds. The van der Waals surface area contributed by atoms with Gasteiger partial charge in [-0.15, -0.1) is 0 Å². The minimum atomic E-state index is -0.435. The van der Waals surface area contributed by atoms with Crippen molar-refractivity contribution in [2.45, 2.75) is 12.5 Å². The summed E-state index contributed by atoms with van der Waals surface area (Å²) in [5, 5.41) is 0. The van der Waals surface area contributed by atoms with Crippen molar-refractivity contribution in [2.24, 2.45) is 5.73 Å². The summed E-state index contributed by atoms with van der Waals surface area (Å²) in [7, 11) is 0. The van der Waals surface area contributed by atoms with Gasteiger partial charge in [0.15, 0.2) is 0 Å². The Labute approximate surface area is 160 Å². The van der Waals surface area contributed by atoms with Gasteiger partial charge in [-0.1, -0.05) is 91.0 Å². The van der Waals surface area contributed by atoms with Gasteiger partial charge in [0, 0.05) is 11.1 Å². The number of rotatable bonds is 3. The third-order valence-electron chi connectivity index (χ3n) is 4.65. The van der Waals surface area contributed by atoms with Crippen LogP contribution in [-0.2, 0) is 0 Å². The van der Waals surface area contributed by atoms with Gasteiger partial charge in [0.25, 0.3) is 0 Å². The number of hydrogen-bond acceptors (Lipinski definition) is 2. The lowest BCUT2D eigenvalue weighted by atomic mass is 9.98. The van der Waals surface area contributed by atoms with E-state index in [0.29, 0.717) is 0 Å². The molecule has 1 aliphatic rings. The first-order valence-corrected chi connectivity index (χ1v) is 9.12. The van der Waals surface area contributed by atoms with E-state index in [4.69, 9.17) is 10.7 Å². The summed E-state index contributed by atoms with van der Waals surface area (Å²) >= 11 is 0. The largest absolute Gasteiger partial charge is 0.319 e. The Morgan fingerprint density at radius 2 is 1.30 bits per heavy atom. The molecule has 1 aliphatic carbocycles. The molecule has 1 aromatic heterocycles. The zero-order valence-electron chi connectivity index (χ0n) is 15.3. The van der Waals surface area contributed by atoms with Crippen LogP contribution in [0.15, 0.2) is 103 Å². The molecule has 27 heavy (non-hydrogen) atoms. The molecule has 3 aromatic rings. The molecule has 0 fully saturated rings. The number of nitrogens with two attached hydrogens (primary N) is 1. The highest BCUT2D eigenvalue weighted by Gasteiger charge is 2.13. The number of hydrogen-bond donors (Lipinski definition) is 1. The molecule has 0 radical (unpaired) electrons. The summed E-state index contributed by atoms with van der Waals surface area (Å²) in [5.41, 5.74) is 12.2. The summed E-state index contributed by atoms with van der Waals surface area (Å²) in [4.78, 5) is 4.93. The van der Waals surface area contributed by atoms with Gasteiger partial charge < -0.3 is 5.73 Å². The number of pyridine rings is 1. The third-order valence-corrected chi connectivity index (χ3v) is 4.65. The van der Waals surface area contributed by atoms with Crippen LogP contribution in [0.25, 0.3) is 28.1 Å². The first-order chi connectivity index (χ1) is 13.1. The molecule has 1 heterocycles. The van der Waals surface area contributed by atoms with Gasteiger partial charge in [0.2, 0.25) is 0 Å². The second-order valence-electron chi connectivity index (χ2n) is 7.04. The highest BCUT2D eigenvalue weighted by molar-refractivity contribution is 5.81. The monoisotopic (exact) mass is 350 g/mol. The molecule has 132 valence electrons. The van der Waals surface area contributed by atoms with Gasteiger partial charge in [-0.2, -0.15) is 0 Å². The van der Waals surface area contributed by atoms with Crippen molar-refractivity contribution < 1.29 is 0 Å². The van der Waals surface area contributed by atoms with E-state index < -0.39 is 5.54 Å². The van der Waals surface area contributed by atoms with Crippen molar-refractivity contribution >= 4 is 5.57 Å². The van der Waals surface area contributed by atoms with Crippen molar-refractivity contribution in [1.82, 2.24) is 4.98 Å². The lowest BCUT2D eigenvalue weighted by Gasteiger charge is -2.13. The number of nitrogens with zero attached hydrogens (tertiary/aromatic N) is 1. The Bertz CT molecular complexity index is 969. The summed E-state index contributed by atoms with van der Waals surface area (Å²) in [6.45, 7) is 1.99. The third kappa shape index (κ3) is 3.97. The maximum atomic E-state index is 6.24. The average Bonchev–Trinajstić information content (AvgIpc) is 2.89. The van der Waals surface area contributed by atoms with Crippen LogP contribution in [0.3, 0.4) is 0 Å². The molecule has 0 aliphatic heterocycles. The van der Waals surface area contributed by atoms with E-state index in [1.54, 1.807) is 0 Å². The Kier molecular flexibility index (Phi) is 4.57. The van der Waals surface area contributed by atoms with E-state index in [2.05, 4.69) is 48.6 Å². The Hall–Kier alpha value is -3.23. The smallest absolute Gasteiger partial charge is 0.0715 e. The molecule has 0 spiro atoms. The molecule has 2 aromatic carbocycles. The predicted molar refractivity (Wildman–Crippen MR) is 114 cm³/mol. The molecule has 0 saturated heterocycles. The normalized spacial score (nSPS) is 18.8. The van der Waals surface area contributed by atoms with Crippen molar-refractivity contribution in [3.05, 3.63) is 109 Å². The van der Waals surface area contributed by atoms with Crippen LogP contribution in [0, 0.1) is 0 Å². The molecule has 4 rings (SSSR count). The van der Waals surface area contributed by atoms with Gasteiger partial charge in [-0.25, -0.2) is 4.98 Å². The highest BCUT2D eigenvalue weighted by atomic mass is 14.7. The fraction of sp³-hybridized carbons (Fsp3) is 0.0800. The molecule has 2 heteroatoms. The molecular weight excluding hydrogens is 328 g/mol. The SMILES string of the molecule is CC1(N)C=CC=C(c2cc(-c3ccccc3)nc(-c3ccccc3)c2)C=C1. The van der Waals surface area contributed by atoms with Gasteiger partial charge in [-0.05, 0) is 30.2 Å². The minimum absolute atomic E-state index is 0.435. The number of aromatic nitrogens is 1. The Morgan fingerprint density at radius 1 is 0.741 bits per heavy atom. The lowest BCUT2D eigenvalue weighted by molar-refractivity contribution is 0.736. The Balaban J connectivity index is 1.87. The van der Waals surface area contributed by atoms with Crippen molar-refractivity contribution in [3.63, 3.8) is 0 Å². The van der Waals surface area contributed by atoms with Gasteiger partial charge in [-0.3, -0.25) is 0 Å². The van der Waals surface area contributed by atoms with Crippen molar-refractivity contribution in [3.8, 4) is 22.5 Å². The van der Waals surface area contributed by atoms with Crippen LogP contribution in [0.4, 0.5) is 0 Å². The van der Waals surface area contributed by atoms with E-state index in [9.17, 15) is 0 Å². The van der Waals surface area contributed by atoms with E-state index in [1.807, 2.05) is 61.5 Å². The summed E-state index contributed by atoms with van der Waals surface area (Å²) in [6.07, 6.45) is 10.3. The van der Waals surface area contributed by atoms with Crippen molar-refractivity contribution in [1.29, 1.82) is 0 Å². The quantitative estimate of drug-likeness (QED) is 0.663. The fourth-order valence-electron chi connectivity index (χ4n) is 3.14. The van der Waals surface area contributed by atoms with E-state index in [-0.39, 0.29) is 0 Å². The lowest BCUT2D eigenvalue weighted by Crippen LogP contribution is -2.30. The van der Waals surface area contributed by atoms with E-state index in [1.165, 1.54) is 0 Å². The fourth-order valence-corrected chi connectivity index (χ4v) is 3.14. The predicted octanol–water partition coefficient (Wildman–Crippen LogP) is 5.64. The highest BCUT2D eigenvalue weighted by Crippen LogP contribution is 2.29.